The van der Waals surface area contributed by atoms with Gasteiger partial charge in [-0.2, -0.15) is 0 Å². The average molecular weight is 242 g/mol. The lowest BCUT2D eigenvalue weighted by Crippen LogP contribution is -2.24. The molecule has 0 aliphatic heterocycles. The third kappa shape index (κ3) is 3.14. The molecule has 1 aromatic carbocycles. The van der Waals surface area contributed by atoms with Crippen LogP contribution in [0.25, 0.3) is 0 Å². The number of rotatable bonds is 3. The molecular weight excluding hydrogens is 226 g/mol. The van der Waals surface area contributed by atoms with Crippen molar-refractivity contribution in [3.63, 3.8) is 0 Å². The van der Waals surface area contributed by atoms with Crippen molar-refractivity contribution in [3.05, 3.63) is 23.2 Å². The second-order valence-corrected chi connectivity index (χ2v) is 4.60. The first-order chi connectivity index (χ1) is 7.41. The highest BCUT2D eigenvalue weighted by molar-refractivity contribution is 6.32. The molecule has 0 aromatic heterocycles. The van der Waals surface area contributed by atoms with Crippen LogP contribution < -0.4 is 5.32 Å². The number of carbonyl (C=O) groups is 1. The van der Waals surface area contributed by atoms with Crippen molar-refractivity contribution in [2.45, 2.75) is 20.8 Å². The van der Waals surface area contributed by atoms with Gasteiger partial charge < -0.3 is 10.4 Å². The number of hydrogen-bond donors (Lipinski definition) is 2. The predicted molar refractivity (Wildman–Crippen MR) is 65.7 cm³/mol. The summed E-state index contributed by atoms with van der Waals surface area (Å²) in [6, 6.07) is 4.60. The van der Waals surface area contributed by atoms with Crippen LogP contribution in [0.15, 0.2) is 18.2 Å². The number of halogens is 1. The van der Waals surface area contributed by atoms with Crippen molar-refractivity contribution < 1.29 is 9.90 Å². The zero-order chi connectivity index (χ0) is 12.3. The van der Waals surface area contributed by atoms with Gasteiger partial charge in [-0.3, -0.25) is 4.79 Å². The maximum Gasteiger partial charge on any atom is 0.227 e. The predicted octanol–water partition coefficient (Wildman–Crippen LogP) is 3.28. The van der Waals surface area contributed by atoms with Gasteiger partial charge in [0.15, 0.2) is 0 Å². The molecule has 0 spiro atoms. The monoisotopic (exact) mass is 241 g/mol. The summed E-state index contributed by atoms with van der Waals surface area (Å²) in [5, 5.41) is 12.2. The lowest BCUT2D eigenvalue weighted by Gasteiger charge is -2.15. The standard InChI is InChI=1S/C12H16ClNO2/c1-7(2)8(3)12(16)14-9-4-5-11(15)10(13)6-9/h4-8,15H,1-3H3,(H,14,16). The SMILES string of the molecule is CC(C)C(C)C(=O)Nc1ccc(O)c(Cl)c1. The Hall–Kier alpha value is -1.22. The van der Waals surface area contributed by atoms with E-state index in [1.807, 2.05) is 20.8 Å². The van der Waals surface area contributed by atoms with Crippen molar-refractivity contribution in [2.75, 3.05) is 5.32 Å². The Morgan fingerprint density at radius 1 is 1.38 bits per heavy atom. The minimum Gasteiger partial charge on any atom is -0.506 e. The van der Waals surface area contributed by atoms with E-state index in [1.54, 1.807) is 6.07 Å². The van der Waals surface area contributed by atoms with E-state index in [0.29, 0.717) is 5.69 Å². The fourth-order valence-electron chi connectivity index (χ4n) is 1.14. The van der Waals surface area contributed by atoms with Gasteiger partial charge in [-0.25, -0.2) is 0 Å². The minimum absolute atomic E-state index is 0.0107. The molecule has 0 fully saturated rings. The van der Waals surface area contributed by atoms with Gasteiger partial charge in [0.1, 0.15) is 5.75 Å². The molecule has 4 heteroatoms. The van der Waals surface area contributed by atoms with E-state index in [-0.39, 0.29) is 28.5 Å². The first-order valence-electron chi connectivity index (χ1n) is 5.21. The molecule has 16 heavy (non-hydrogen) atoms. The van der Waals surface area contributed by atoms with Gasteiger partial charge >= 0.3 is 0 Å². The van der Waals surface area contributed by atoms with Crippen LogP contribution in [-0.4, -0.2) is 11.0 Å². The Balaban J connectivity index is 2.74. The van der Waals surface area contributed by atoms with Crippen molar-refractivity contribution in [2.24, 2.45) is 11.8 Å². The van der Waals surface area contributed by atoms with Crippen molar-refractivity contribution in [3.8, 4) is 5.75 Å². The normalized spacial score (nSPS) is 12.6. The van der Waals surface area contributed by atoms with Crippen LogP contribution in [-0.2, 0) is 4.79 Å². The number of benzene rings is 1. The van der Waals surface area contributed by atoms with Gasteiger partial charge in [0, 0.05) is 11.6 Å². The van der Waals surface area contributed by atoms with Crippen LogP contribution in [0, 0.1) is 11.8 Å². The molecule has 0 radical (unpaired) electrons. The highest BCUT2D eigenvalue weighted by Crippen LogP contribution is 2.26. The summed E-state index contributed by atoms with van der Waals surface area (Å²) in [6.45, 7) is 5.87. The number of carbonyl (C=O) groups excluding carboxylic acids is 1. The number of phenolic OH excluding ortho intramolecular Hbond substituents is 1. The van der Waals surface area contributed by atoms with Crippen LogP contribution in [0.4, 0.5) is 5.69 Å². The lowest BCUT2D eigenvalue weighted by atomic mass is 9.97. The number of aromatic hydroxyl groups is 1. The maximum absolute atomic E-state index is 11.7. The average Bonchev–Trinajstić information content (AvgIpc) is 2.22. The summed E-state index contributed by atoms with van der Waals surface area (Å²) >= 11 is 5.74. The first-order valence-corrected chi connectivity index (χ1v) is 5.59. The van der Waals surface area contributed by atoms with Crippen LogP contribution in [0.2, 0.25) is 5.02 Å². The molecule has 0 aliphatic carbocycles. The molecule has 1 unspecified atom stereocenters. The summed E-state index contributed by atoms with van der Waals surface area (Å²) < 4.78 is 0. The van der Waals surface area contributed by atoms with Gasteiger partial charge in [-0.15, -0.1) is 0 Å². The third-order valence-corrected chi connectivity index (χ3v) is 2.93. The summed E-state index contributed by atoms with van der Waals surface area (Å²) in [5.74, 6) is 0.188. The molecular formula is C12H16ClNO2. The molecule has 3 nitrogen and oxygen atoms in total. The minimum atomic E-state index is -0.0624. The van der Waals surface area contributed by atoms with Crippen LogP contribution >= 0.6 is 11.6 Å². The van der Waals surface area contributed by atoms with E-state index in [0.717, 1.165) is 0 Å². The molecule has 0 bridgehead atoms. The Labute approximate surface area is 100 Å². The zero-order valence-electron chi connectivity index (χ0n) is 9.62. The molecule has 0 saturated heterocycles. The smallest absolute Gasteiger partial charge is 0.227 e. The molecule has 0 saturated carbocycles. The number of hydrogen-bond acceptors (Lipinski definition) is 2. The number of anilines is 1. The molecule has 1 amide bonds. The molecule has 0 heterocycles. The Morgan fingerprint density at radius 3 is 2.50 bits per heavy atom. The molecule has 0 aliphatic rings. The maximum atomic E-state index is 11.7. The van der Waals surface area contributed by atoms with E-state index >= 15 is 0 Å². The van der Waals surface area contributed by atoms with E-state index in [1.165, 1.54) is 12.1 Å². The summed E-state index contributed by atoms with van der Waals surface area (Å²) in [6.07, 6.45) is 0. The summed E-state index contributed by atoms with van der Waals surface area (Å²) in [5.41, 5.74) is 0.598. The van der Waals surface area contributed by atoms with E-state index in [2.05, 4.69) is 5.32 Å². The molecule has 1 atom stereocenters. The Bertz CT molecular complexity index is 391. The zero-order valence-corrected chi connectivity index (χ0v) is 10.4. The molecule has 88 valence electrons. The number of amides is 1. The fourth-order valence-corrected chi connectivity index (χ4v) is 1.32. The molecule has 1 rings (SSSR count). The van der Waals surface area contributed by atoms with Crippen molar-refractivity contribution in [1.29, 1.82) is 0 Å². The van der Waals surface area contributed by atoms with Gasteiger partial charge in [0.2, 0.25) is 5.91 Å². The summed E-state index contributed by atoms with van der Waals surface area (Å²) in [7, 11) is 0. The molecule has 2 N–H and O–H groups in total. The quantitative estimate of drug-likeness (QED) is 0.798. The summed E-state index contributed by atoms with van der Waals surface area (Å²) in [4.78, 5) is 11.7. The van der Waals surface area contributed by atoms with Gasteiger partial charge in [0.05, 0.1) is 5.02 Å². The van der Waals surface area contributed by atoms with E-state index in [9.17, 15) is 9.90 Å². The van der Waals surface area contributed by atoms with Crippen LogP contribution in [0.5, 0.6) is 5.75 Å². The first kappa shape index (κ1) is 12.8. The van der Waals surface area contributed by atoms with Crippen LogP contribution in [0.1, 0.15) is 20.8 Å². The second kappa shape index (κ2) is 5.21. The highest BCUT2D eigenvalue weighted by Gasteiger charge is 2.16. The third-order valence-electron chi connectivity index (χ3n) is 2.63. The van der Waals surface area contributed by atoms with E-state index in [4.69, 9.17) is 11.6 Å². The van der Waals surface area contributed by atoms with Crippen molar-refractivity contribution in [1.82, 2.24) is 0 Å². The van der Waals surface area contributed by atoms with E-state index < -0.39 is 0 Å². The lowest BCUT2D eigenvalue weighted by molar-refractivity contribution is -0.120. The van der Waals surface area contributed by atoms with Crippen molar-refractivity contribution >= 4 is 23.2 Å². The Morgan fingerprint density at radius 2 is 2.00 bits per heavy atom. The number of nitrogens with one attached hydrogen (secondary N) is 1. The van der Waals surface area contributed by atoms with Gasteiger partial charge in [0.25, 0.3) is 0 Å². The fraction of sp³-hybridized carbons (Fsp3) is 0.417. The second-order valence-electron chi connectivity index (χ2n) is 4.19. The number of phenols is 1. The van der Waals surface area contributed by atoms with Gasteiger partial charge in [-0.05, 0) is 24.1 Å². The molecule has 1 aromatic rings. The topological polar surface area (TPSA) is 49.3 Å². The van der Waals surface area contributed by atoms with Gasteiger partial charge in [-0.1, -0.05) is 32.4 Å². The largest absolute Gasteiger partial charge is 0.506 e. The van der Waals surface area contributed by atoms with Crippen LogP contribution in [0.3, 0.4) is 0 Å². The Kier molecular flexibility index (Phi) is 4.19. The highest BCUT2D eigenvalue weighted by atomic mass is 35.5.